The van der Waals surface area contributed by atoms with Crippen molar-refractivity contribution in [1.82, 2.24) is 38.7 Å². The van der Waals surface area contributed by atoms with Crippen LogP contribution in [0.25, 0.3) is 22.1 Å². The molecule has 2 aliphatic heterocycles. The van der Waals surface area contributed by atoms with Crippen LogP contribution in [-0.4, -0.2) is 88.5 Å². The molecule has 420 valence electrons. The molecule has 2 aromatic carbocycles. The molecule has 0 unspecified atom stereocenters. The predicted molar refractivity (Wildman–Crippen MR) is 309 cm³/mol. The van der Waals surface area contributed by atoms with Crippen LogP contribution in [-0.2, 0) is 31.9 Å². The molecule has 79 heavy (non-hydrogen) atoms. The Kier molecular flexibility index (Phi) is 20.7. The van der Waals surface area contributed by atoms with Crippen LogP contribution in [0, 0.1) is 22.7 Å². The number of unbranched alkanes of at least 4 members (excludes halogenated alkanes) is 4. The lowest BCUT2D eigenvalue weighted by molar-refractivity contribution is 0.329. The SMILES string of the molecule is CCCCCc1ccc(S(=O)(=O)Cl)cc1.CCCCCc1ccc(S(=O)(=O)N2CCC(Nc3ncc4cc(C#N)c(=O)n(C5CCCC5)c4n3)CC2)cc1.N#Cc1cc2cnc(NC3CCNCC3)nc2n(C2CCCC2)c1=O. The van der Waals surface area contributed by atoms with Gasteiger partial charge in [-0.15, -0.1) is 0 Å². The van der Waals surface area contributed by atoms with E-state index in [4.69, 9.17) is 15.7 Å². The molecule has 0 radical (unpaired) electrons. The van der Waals surface area contributed by atoms with Crippen molar-refractivity contribution in [3.05, 3.63) is 116 Å². The largest absolute Gasteiger partial charge is 0.351 e. The van der Waals surface area contributed by atoms with E-state index >= 15 is 0 Å². The molecule has 4 aliphatic rings. The van der Waals surface area contributed by atoms with Crippen molar-refractivity contribution >= 4 is 63.7 Å². The number of aryl methyl sites for hydroxylation is 2. The van der Waals surface area contributed by atoms with E-state index in [0.717, 1.165) is 120 Å². The number of hydrogen-bond acceptors (Lipinski definition) is 15. The molecule has 0 bridgehead atoms. The van der Waals surface area contributed by atoms with E-state index in [1.54, 1.807) is 62.2 Å². The number of nitrogens with one attached hydrogen (secondary N) is 3. The lowest BCUT2D eigenvalue weighted by Gasteiger charge is -2.31. The quantitative estimate of drug-likeness (QED) is 0.0567. The van der Waals surface area contributed by atoms with Crippen molar-refractivity contribution < 1.29 is 16.8 Å². The Morgan fingerprint density at radius 1 is 0.608 bits per heavy atom. The van der Waals surface area contributed by atoms with Gasteiger partial charge in [-0.1, -0.05) is 89.5 Å². The summed E-state index contributed by atoms with van der Waals surface area (Å²) in [5, 5.41) is 30.3. The van der Waals surface area contributed by atoms with Crippen LogP contribution in [0.4, 0.5) is 11.9 Å². The van der Waals surface area contributed by atoms with Crippen molar-refractivity contribution in [3.63, 3.8) is 0 Å². The van der Waals surface area contributed by atoms with Crippen molar-refractivity contribution in [2.45, 2.75) is 176 Å². The number of nitrogens with zero attached hydrogens (tertiary/aromatic N) is 9. The Balaban J connectivity index is 0.000000175. The van der Waals surface area contributed by atoms with Crippen LogP contribution in [0.2, 0.25) is 0 Å². The van der Waals surface area contributed by atoms with Crippen LogP contribution in [0.3, 0.4) is 0 Å². The molecule has 10 rings (SSSR count). The second-order valence-electron chi connectivity index (χ2n) is 21.1. The number of nitriles is 2. The van der Waals surface area contributed by atoms with Gasteiger partial charge in [-0.05, 0) is 138 Å². The van der Waals surface area contributed by atoms with E-state index in [-0.39, 0.29) is 45.3 Å². The zero-order valence-corrected chi connectivity index (χ0v) is 47.8. The molecule has 2 saturated carbocycles. The first-order chi connectivity index (χ1) is 38.2. The average molecular weight is 1130 g/mol. The smallest absolute Gasteiger partial charge is 0.270 e. The molecule has 0 spiro atoms. The number of rotatable bonds is 17. The van der Waals surface area contributed by atoms with E-state index in [9.17, 15) is 36.9 Å². The third kappa shape index (κ3) is 15.1. The summed E-state index contributed by atoms with van der Waals surface area (Å²) in [7, 11) is -1.91. The second kappa shape index (κ2) is 27.7. The highest BCUT2D eigenvalue weighted by Gasteiger charge is 2.31. The molecule has 21 heteroatoms. The molecule has 0 amide bonds. The van der Waals surface area contributed by atoms with Crippen molar-refractivity contribution in [2.24, 2.45) is 0 Å². The van der Waals surface area contributed by atoms with Gasteiger partial charge in [0.05, 0.1) is 9.79 Å². The topological polar surface area (TPSA) is 251 Å². The Hall–Kier alpha value is -6.29. The molecule has 4 fully saturated rings. The Bertz CT molecular complexity index is 3470. The van der Waals surface area contributed by atoms with E-state index < -0.39 is 19.1 Å². The second-order valence-corrected chi connectivity index (χ2v) is 25.6. The molecule has 3 N–H and O–H groups in total. The van der Waals surface area contributed by atoms with Crippen molar-refractivity contribution in [3.8, 4) is 12.1 Å². The maximum absolute atomic E-state index is 13.2. The Morgan fingerprint density at radius 2 is 1.03 bits per heavy atom. The molecular weight excluding hydrogens is 1060 g/mol. The van der Waals surface area contributed by atoms with Crippen LogP contribution in [0.1, 0.15) is 164 Å². The first kappa shape index (κ1) is 58.8. The summed E-state index contributed by atoms with van der Waals surface area (Å²) in [5.41, 5.74) is 3.27. The van der Waals surface area contributed by atoms with E-state index in [0.29, 0.717) is 65.4 Å². The molecule has 0 atom stereocenters. The molecule has 2 aliphatic carbocycles. The minimum absolute atomic E-state index is 0.0138. The predicted octanol–water partition coefficient (Wildman–Crippen LogP) is 10.1. The van der Waals surface area contributed by atoms with E-state index in [2.05, 4.69) is 44.7 Å². The lowest BCUT2D eigenvalue weighted by atomic mass is 10.1. The number of aromatic nitrogens is 6. The van der Waals surface area contributed by atoms with Gasteiger partial charge >= 0.3 is 0 Å². The monoisotopic (exact) mass is 1130 g/mol. The molecule has 6 heterocycles. The molecular formula is C58H73ClN12O6S2. The number of halogens is 1. The maximum atomic E-state index is 13.2. The highest BCUT2D eigenvalue weighted by Crippen LogP contribution is 2.33. The van der Waals surface area contributed by atoms with Gasteiger partial charge in [0, 0.05) is 71.1 Å². The Morgan fingerprint density at radius 3 is 1.43 bits per heavy atom. The van der Waals surface area contributed by atoms with Crippen molar-refractivity contribution in [2.75, 3.05) is 36.8 Å². The molecule has 2 saturated heterocycles. The lowest BCUT2D eigenvalue weighted by Crippen LogP contribution is -2.42. The summed E-state index contributed by atoms with van der Waals surface area (Å²) in [6.07, 6.45) is 23.7. The maximum Gasteiger partial charge on any atom is 0.270 e. The fourth-order valence-electron chi connectivity index (χ4n) is 11.1. The van der Waals surface area contributed by atoms with Crippen molar-refractivity contribution in [1.29, 1.82) is 10.5 Å². The van der Waals surface area contributed by atoms with Gasteiger partial charge in [0.25, 0.3) is 20.2 Å². The molecule has 6 aromatic rings. The average Bonchev–Trinajstić information content (AvgIpc) is 4.24. The van der Waals surface area contributed by atoms with Gasteiger partial charge < -0.3 is 16.0 Å². The third-order valence-corrected chi connectivity index (χ3v) is 18.8. The van der Waals surface area contributed by atoms with Crippen LogP contribution >= 0.6 is 10.7 Å². The highest BCUT2D eigenvalue weighted by atomic mass is 35.7. The molecule has 4 aromatic heterocycles. The van der Waals surface area contributed by atoms with Crippen LogP contribution in [0.5, 0.6) is 0 Å². The van der Waals surface area contributed by atoms with Gasteiger partial charge in [-0.25, -0.2) is 26.8 Å². The first-order valence-corrected chi connectivity index (χ1v) is 32.0. The number of sulfonamides is 1. The Labute approximate surface area is 468 Å². The zero-order chi connectivity index (χ0) is 55.9. The summed E-state index contributed by atoms with van der Waals surface area (Å²) in [6, 6.07) is 21.8. The highest BCUT2D eigenvalue weighted by molar-refractivity contribution is 8.13. The fraction of sp³-hybridized carbons (Fsp3) is 0.517. The molecule has 18 nitrogen and oxygen atoms in total. The summed E-state index contributed by atoms with van der Waals surface area (Å²) >= 11 is 0. The number of hydrogen-bond donors (Lipinski definition) is 3. The van der Waals surface area contributed by atoms with Gasteiger partial charge in [0.1, 0.15) is 34.6 Å². The van der Waals surface area contributed by atoms with Gasteiger partial charge in [-0.3, -0.25) is 18.7 Å². The summed E-state index contributed by atoms with van der Waals surface area (Å²) in [6.45, 7) is 7.12. The first-order valence-electron chi connectivity index (χ1n) is 28.2. The van der Waals surface area contributed by atoms with Gasteiger partial charge in [0.15, 0.2) is 0 Å². The fourth-order valence-corrected chi connectivity index (χ4v) is 13.3. The normalized spacial score (nSPS) is 16.9. The number of fused-ring (bicyclic) bond motifs is 2. The van der Waals surface area contributed by atoms with Crippen LogP contribution in [0.15, 0.2) is 92.4 Å². The third-order valence-electron chi connectivity index (χ3n) is 15.5. The zero-order valence-electron chi connectivity index (χ0n) is 45.4. The van der Waals surface area contributed by atoms with Crippen LogP contribution < -0.4 is 27.1 Å². The number of pyridine rings is 2. The van der Waals surface area contributed by atoms with E-state index in [1.165, 1.54) is 24.8 Å². The van der Waals surface area contributed by atoms with Gasteiger partial charge in [0.2, 0.25) is 21.9 Å². The number of anilines is 2. The van der Waals surface area contributed by atoms with Gasteiger partial charge in [-0.2, -0.15) is 24.8 Å². The summed E-state index contributed by atoms with van der Waals surface area (Å²) in [4.78, 5) is 44.5. The minimum atomic E-state index is -3.57. The number of piperidine rings is 2. The number of benzene rings is 2. The summed E-state index contributed by atoms with van der Waals surface area (Å²) in [5.74, 6) is 0.980. The standard InChI is InChI=1S/C29H36N6O3S.C18H22N6O.C11H15ClO2S/c1-2-3-4-7-21-10-12-26(13-11-21)39(37,38)34-16-14-24(15-17-34)32-29-31-20-23-18-22(19-30)28(36)35(27(23)33-29)25-8-5-6-9-25;19-10-12-9-13-11-21-18(22-14-5-7-20-8-6-14)23-16(13)24(17(12)25)15-3-1-2-4-15;1-2-3-4-5-10-6-8-11(9-7-10)15(12,13)14/h10-13,18,20,24-25H,2-9,14-17H2,1H3,(H,31,32,33);9,11,14-15,20H,1-8H2,(H,21,22,23);6-9H,2-5H2,1H3. The van der Waals surface area contributed by atoms with E-state index in [1.807, 2.05) is 36.4 Å². The minimum Gasteiger partial charge on any atom is -0.351 e. The summed E-state index contributed by atoms with van der Waals surface area (Å²) < 4.78 is 53.4.